The third kappa shape index (κ3) is 4.02. The van der Waals surface area contributed by atoms with Crippen molar-refractivity contribution in [3.63, 3.8) is 0 Å². The van der Waals surface area contributed by atoms with E-state index in [4.69, 9.17) is 15.5 Å². The number of amides is 1. The zero-order valence-corrected chi connectivity index (χ0v) is 18.0. The monoisotopic (exact) mass is 433 g/mol. The quantitative estimate of drug-likeness (QED) is 0.257. The van der Waals surface area contributed by atoms with E-state index in [-0.39, 0.29) is 22.8 Å². The molecule has 9 heteroatoms. The summed E-state index contributed by atoms with van der Waals surface area (Å²) >= 11 is 0. The molecule has 0 spiro atoms. The molecule has 9 nitrogen and oxygen atoms in total. The number of carbonyl (C=O) groups excluding carboxylic acids is 1. The Morgan fingerprint density at radius 1 is 1.31 bits per heavy atom. The number of aromatic nitrogens is 4. The smallest absolute Gasteiger partial charge is 0.278 e. The summed E-state index contributed by atoms with van der Waals surface area (Å²) in [5.74, 6) is -0.121. The summed E-state index contributed by atoms with van der Waals surface area (Å²) in [4.78, 5) is 35.2. The first kappa shape index (κ1) is 21.4. The first-order valence-electron chi connectivity index (χ1n) is 10.3. The Hall–Kier alpha value is -3.85. The van der Waals surface area contributed by atoms with Crippen LogP contribution in [0.3, 0.4) is 0 Å². The van der Waals surface area contributed by atoms with Crippen LogP contribution in [0.2, 0.25) is 0 Å². The maximum absolute atomic E-state index is 13.3. The normalized spacial score (nSPS) is 11.2. The molecule has 0 saturated heterocycles. The second-order valence-electron chi connectivity index (χ2n) is 7.53. The Bertz CT molecular complexity index is 1350. The minimum Gasteiger partial charge on any atom is -0.385 e. The van der Waals surface area contributed by atoms with Gasteiger partial charge in [-0.25, -0.2) is 4.57 Å². The van der Waals surface area contributed by atoms with E-state index in [0.29, 0.717) is 42.8 Å². The van der Waals surface area contributed by atoms with Crippen molar-refractivity contribution in [2.45, 2.75) is 19.9 Å². The summed E-state index contributed by atoms with van der Waals surface area (Å²) in [6.45, 7) is 3.17. The maximum Gasteiger partial charge on any atom is 0.278 e. The van der Waals surface area contributed by atoms with E-state index in [1.165, 1.54) is 10.5 Å². The number of methoxy groups -OCH3 is 1. The number of nitrogen functional groups attached to an aromatic ring is 1. The molecule has 1 amide bonds. The molecule has 32 heavy (non-hydrogen) atoms. The minimum absolute atomic E-state index is 0.227. The summed E-state index contributed by atoms with van der Waals surface area (Å²) in [5.41, 5.74) is 9.12. The van der Waals surface area contributed by atoms with E-state index in [9.17, 15) is 9.59 Å². The number of carbonyl (C=O) groups is 1. The average molecular weight is 433 g/mol. The average Bonchev–Trinajstić information content (AvgIpc) is 2.80. The molecule has 0 aliphatic rings. The highest BCUT2D eigenvalue weighted by atomic mass is 16.5. The van der Waals surface area contributed by atoms with Gasteiger partial charge < -0.3 is 15.8 Å². The molecule has 4 rings (SSSR count). The summed E-state index contributed by atoms with van der Waals surface area (Å²) < 4.78 is 8.21. The predicted molar refractivity (Wildman–Crippen MR) is 120 cm³/mol. The highest BCUT2D eigenvalue weighted by Gasteiger charge is 2.25. The van der Waals surface area contributed by atoms with E-state index in [2.05, 4.69) is 10.3 Å². The molecule has 0 fully saturated rings. The molecule has 4 aromatic rings. The highest BCUT2D eigenvalue weighted by Crippen LogP contribution is 2.16. The standard InChI is InChI=1S/C23H24N6O3/c1-15-6-4-10-28-20(15)27-21-18(23(28)31)12-17(22(30)26-9-5-11-32-2)19(24)29(21)14-16-7-3-8-25-13-16/h3-4,6-8,10,12-13,24H,5,9,11,14H2,1-2H3,(H,26,30)/p+1. The first-order valence-corrected chi connectivity index (χ1v) is 10.3. The zero-order chi connectivity index (χ0) is 22.7. The van der Waals surface area contributed by atoms with Crippen molar-refractivity contribution in [2.75, 3.05) is 26.0 Å². The molecule has 3 N–H and O–H groups in total. The minimum atomic E-state index is -0.353. The van der Waals surface area contributed by atoms with Gasteiger partial charge in [-0.1, -0.05) is 17.1 Å². The lowest BCUT2D eigenvalue weighted by Gasteiger charge is -2.13. The topological polar surface area (TPSA) is 115 Å². The highest BCUT2D eigenvalue weighted by molar-refractivity contribution is 6.00. The van der Waals surface area contributed by atoms with E-state index < -0.39 is 0 Å². The van der Waals surface area contributed by atoms with Crippen LogP contribution in [-0.2, 0) is 11.3 Å². The lowest BCUT2D eigenvalue weighted by atomic mass is 10.1. The Kier molecular flexibility index (Phi) is 6.09. The summed E-state index contributed by atoms with van der Waals surface area (Å²) in [5, 5.41) is 3.16. The molecule has 0 aliphatic carbocycles. The second-order valence-corrected chi connectivity index (χ2v) is 7.53. The molecule has 4 heterocycles. The molecular weight excluding hydrogens is 408 g/mol. The van der Waals surface area contributed by atoms with E-state index in [1.54, 1.807) is 36.3 Å². The number of pyridine rings is 3. The number of ether oxygens (including phenoxy) is 1. The third-order valence-electron chi connectivity index (χ3n) is 5.29. The van der Waals surface area contributed by atoms with Gasteiger partial charge in [-0.2, -0.15) is 0 Å². The fraction of sp³-hybridized carbons (Fsp3) is 0.261. The summed E-state index contributed by atoms with van der Waals surface area (Å²) in [6, 6.07) is 8.94. The fourth-order valence-electron chi connectivity index (χ4n) is 3.64. The third-order valence-corrected chi connectivity index (χ3v) is 5.29. The lowest BCUT2D eigenvalue weighted by molar-refractivity contribution is -0.649. The molecular formula is C23H25N6O3+. The van der Waals surface area contributed by atoms with Gasteiger partial charge in [0.05, 0.1) is 6.54 Å². The fourth-order valence-corrected chi connectivity index (χ4v) is 3.64. The van der Waals surface area contributed by atoms with E-state index in [0.717, 1.165) is 11.1 Å². The molecule has 0 unspecified atom stereocenters. The van der Waals surface area contributed by atoms with Crippen molar-refractivity contribution in [3.8, 4) is 0 Å². The predicted octanol–water partition coefficient (Wildman–Crippen LogP) is 1.24. The molecule has 0 radical (unpaired) electrons. The van der Waals surface area contributed by atoms with Crippen LogP contribution in [0.25, 0.3) is 16.7 Å². The number of nitrogens with one attached hydrogen (secondary N) is 1. The van der Waals surface area contributed by atoms with Gasteiger partial charge in [0.25, 0.3) is 17.1 Å². The summed E-state index contributed by atoms with van der Waals surface area (Å²) in [7, 11) is 1.61. The van der Waals surface area contributed by atoms with Crippen LogP contribution in [0.1, 0.15) is 27.9 Å². The SMILES string of the molecule is COCCCNC(=O)c1cc2c(=O)n3cccc(C)c3nc2[n+](Cc2cccnc2)c1N. The number of hydrogen-bond acceptors (Lipinski definition) is 6. The molecule has 0 atom stereocenters. The number of rotatable bonds is 7. The molecule has 0 aromatic carbocycles. The number of aryl methyl sites for hydroxylation is 1. The Morgan fingerprint density at radius 3 is 2.91 bits per heavy atom. The van der Waals surface area contributed by atoms with Gasteiger partial charge in [-0.3, -0.25) is 19.0 Å². The van der Waals surface area contributed by atoms with Crippen molar-refractivity contribution in [2.24, 2.45) is 0 Å². The first-order chi connectivity index (χ1) is 15.5. The Labute approximate surface area is 184 Å². The summed E-state index contributed by atoms with van der Waals surface area (Å²) in [6.07, 6.45) is 5.74. The number of anilines is 1. The van der Waals surface area contributed by atoms with Crippen LogP contribution >= 0.6 is 0 Å². The zero-order valence-electron chi connectivity index (χ0n) is 18.0. The number of fused-ring (bicyclic) bond motifs is 2. The van der Waals surface area contributed by atoms with E-state index >= 15 is 0 Å². The van der Waals surface area contributed by atoms with Crippen LogP contribution < -0.4 is 21.2 Å². The van der Waals surface area contributed by atoms with Crippen molar-refractivity contribution >= 4 is 28.4 Å². The van der Waals surface area contributed by atoms with Gasteiger partial charge in [0.1, 0.15) is 10.9 Å². The number of nitrogens with two attached hydrogens (primary N) is 1. The number of hydrogen-bond donors (Lipinski definition) is 2. The van der Waals surface area contributed by atoms with Gasteiger partial charge in [-0.05, 0) is 31.5 Å². The van der Waals surface area contributed by atoms with Crippen molar-refractivity contribution in [3.05, 3.63) is 76.0 Å². The second kappa shape index (κ2) is 9.11. The van der Waals surface area contributed by atoms with Crippen LogP contribution in [0.4, 0.5) is 5.82 Å². The van der Waals surface area contributed by atoms with Gasteiger partial charge in [-0.15, -0.1) is 0 Å². The Balaban J connectivity index is 1.92. The van der Waals surface area contributed by atoms with Gasteiger partial charge in [0.2, 0.25) is 11.5 Å². The van der Waals surface area contributed by atoms with Crippen molar-refractivity contribution in [1.82, 2.24) is 19.7 Å². The Morgan fingerprint density at radius 2 is 2.16 bits per heavy atom. The van der Waals surface area contributed by atoms with Crippen molar-refractivity contribution in [1.29, 1.82) is 0 Å². The molecule has 0 bridgehead atoms. The molecule has 0 aliphatic heterocycles. The van der Waals surface area contributed by atoms with E-state index in [1.807, 2.05) is 25.1 Å². The van der Waals surface area contributed by atoms with Crippen LogP contribution in [0.5, 0.6) is 0 Å². The van der Waals surface area contributed by atoms with Crippen LogP contribution in [0.15, 0.2) is 53.7 Å². The van der Waals surface area contributed by atoms with Gasteiger partial charge in [0.15, 0.2) is 0 Å². The lowest BCUT2D eigenvalue weighted by Crippen LogP contribution is -2.43. The molecule has 0 saturated carbocycles. The van der Waals surface area contributed by atoms with Gasteiger partial charge in [0, 0.05) is 50.0 Å². The molecule has 164 valence electrons. The van der Waals surface area contributed by atoms with Gasteiger partial charge >= 0.3 is 0 Å². The van der Waals surface area contributed by atoms with Crippen LogP contribution in [-0.4, -0.2) is 40.5 Å². The van der Waals surface area contributed by atoms with Crippen molar-refractivity contribution < 1.29 is 14.1 Å². The van der Waals surface area contributed by atoms with Crippen LogP contribution in [0, 0.1) is 6.92 Å². The number of nitrogens with zero attached hydrogens (tertiary/aromatic N) is 4. The maximum atomic E-state index is 13.3. The largest absolute Gasteiger partial charge is 0.385 e. The molecule has 4 aromatic heterocycles.